The minimum Gasteiger partial charge on any atom is -0.494 e. The molecule has 0 radical (unpaired) electrons. The maximum atomic E-state index is 13.8. The fraction of sp³-hybridized carbons (Fsp3) is 0.316. The van der Waals surface area contributed by atoms with E-state index in [1.807, 2.05) is 0 Å². The highest BCUT2D eigenvalue weighted by Gasteiger charge is 2.38. The zero-order valence-electron chi connectivity index (χ0n) is 16.0. The highest BCUT2D eigenvalue weighted by molar-refractivity contribution is 7.89. The van der Waals surface area contributed by atoms with Gasteiger partial charge in [0.25, 0.3) is 10.0 Å². The van der Waals surface area contributed by atoms with Gasteiger partial charge in [-0.05, 0) is 49.2 Å². The van der Waals surface area contributed by atoms with Crippen molar-refractivity contribution in [3.63, 3.8) is 0 Å². The maximum absolute atomic E-state index is 13.8. The third kappa shape index (κ3) is 4.71. The van der Waals surface area contributed by atoms with E-state index in [0.29, 0.717) is 22.2 Å². The van der Waals surface area contributed by atoms with Crippen LogP contribution < -0.4 is 10.1 Å². The van der Waals surface area contributed by atoms with Crippen LogP contribution in [0.25, 0.3) is 0 Å². The Hall–Kier alpha value is -2.72. The zero-order chi connectivity index (χ0) is 21.9. The first kappa shape index (κ1) is 22.0. The van der Waals surface area contributed by atoms with Crippen LogP contribution in [-0.4, -0.2) is 49.2 Å². The average Bonchev–Trinajstić information content (AvgIpc) is 2.84. The molecule has 1 saturated heterocycles. The lowest BCUT2D eigenvalue weighted by atomic mass is 9.97. The molecule has 1 atom stereocenters. The van der Waals surface area contributed by atoms with Crippen molar-refractivity contribution in [3.05, 3.63) is 53.1 Å². The van der Waals surface area contributed by atoms with E-state index >= 15 is 0 Å². The Balaban J connectivity index is 1.94. The molecular weight excluding hydrogens is 437 g/mol. The van der Waals surface area contributed by atoms with E-state index in [1.54, 1.807) is 6.92 Å². The second-order valence-corrected chi connectivity index (χ2v) is 8.81. The quantitative estimate of drug-likeness (QED) is 0.665. The minimum absolute atomic E-state index is 0.0168. The lowest BCUT2D eigenvalue weighted by Crippen LogP contribution is -2.42. The Kier molecular flexibility index (Phi) is 6.57. The number of nitrogens with zero attached hydrogens (tertiary/aromatic N) is 2. The summed E-state index contributed by atoms with van der Waals surface area (Å²) in [6, 6.07) is 6.38. The minimum atomic E-state index is -4.34. The van der Waals surface area contributed by atoms with Crippen molar-refractivity contribution in [3.8, 4) is 5.75 Å². The molecule has 2 heterocycles. The molecule has 0 saturated carbocycles. The molecule has 160 valence electrons. The topological polar surface area (TPSA) is 106 Å². The van der Waals surface area contributed by atoms with Crippen LogP contribution in [0.5, 0.6) is 5.75 Å². The lowest BCUT2D eigenvalue weighted by molar-refractivity contribution is -0.131. The van der Waals surface area contributed by atoms with Gasteiger partial charge in [-0.2, -0.15) is 0 Å². The van der Waals surface area contributed by atoms with Crippen molar-refractivity contribution < 1.29 is 27.1 Å². The fourth-order valence-corrected chi connectivity index (χ4v) is 4.53. The van der Waals surface area contributed by atoms with Gasteiger partial charge in [0.2, 0.25) is 11.8 Å². The predicted molar refractivity (Wildman–Crippen MR) is 106 cm³/mol. The summed E-state index contributed by atoms with van der Waals surface area (Å²) < 4.78 is 45.7. The van der Waals surface area contributed by atoms with E-state index in [1.165, 1.54) is 30.3 Å². The van der Waals surface area contributed by atoms with Gasteiger partial charge in [-0.15, -0.1) is 0 Å². The molecule has 0 spiro atoms. The number of nitrogens with one attached hydrogen (secondary N) is 1. The van der Waals surface area contributed by atoms with E-state index < -0.39 is 40.1 Å². The summed E-state index contributed by atoms with van der Waals surface area (Å²) in [6.45, 7) is 1.34. The first-order chi connectivity index (χ1) is 14.2. The van der Waals surface area contributed by atoms with Crippen molar-refractivity contribution >= 4 is 33.4 Å². The van der Waals surface area contributed by atoms with Crippen LogP contribution in [0.3, 0.4) is 0 Å². The molecule has 1 N–H and O–H groups in total. The van der Waals surface area contributed by atoms with E-state index in [4.69, 9.17) is 16.3 Å². The highest BCUT2D eigenvalue weighted by Crippen LogP contribution is 2.26. The summed E-state index contributed by atoms with van der Waals surface area (Å²) in [5, 5.41) is 2.62. The molecule has 3 rings (SSSR count). The number of aromatic nitrogens is 1. The van der Waals surface area contributed by atoms with Crippen LogP contribution in [0, 0.1) is 11.7 Å². The predicted octanol–water partition coefficient (Wildman–Crippen LogP) is 1.78. The van der Waals surface area contributed by atoms with Gasteiger partial charge in [0, 0.05) is 12.7 Å². The van der Waals surface area contributed by atoms with Gasteiger partial charge in [-0.1, -0.05) is 11.6 Å². The molecule has 1 fully saturated rings. The van der Waals surface area contributed by atoms with Crippen LogP contribution >= 0.6 is 11.6 Å². The Bertz CT molecular complexity index is 1060. The molecule has 1 aromatic heterocycles. The van der Waals surface area contributed by atoms with Gasteiger partial charge in [-0.25, -0.2) is 22.1 Å². The average molecular weight is 456 g/mol. The molecular formula is C19H19ClFN3O5S. The Morgan fingerprint density at radius 2 is 2.07 bits per heavy atom. The van der Waals surface area contributed by atoms with Crippen molar-refractivity contribution in [2.75, 3.05) is 19.7 Å². The number of hydrogen-bond donors (Lipinski definition) is 1. The molecule has 0 bridgehead atoms. The number of pyridine rings is 1. The Labute approximate surface area is 178 Å². The van der Waals surface area contributed by atoms with Crippen molar-refractivity contribution in [2.24, 2.45) is 5.92 Å². The van der Waals surface area contributed by atoms with Crippen LogP contribution in [0.4, 0.5) is 4.39 Å². The number of halogens is 2. The monoisotopic (exact) mass is 455 g/mol. The maximum Gasteiger partial charge on any atom is 0.268 e. The number of sulfonamides is 1. The van der Waals surface area contributed by atoms with Gasteiger partial charge in [-0.3, -0.25) is 9.59 Å². The van der Waals surface area contributed by atoms with Gasteiger partial charge in [0.05, 0.1) is 12.5 Å². The molecule has 2 aromatic rings. The van der Waals surface area contributed by atoms with E-state index in [9.17, 15) is 22.4 Å². The highest BCUT2D eigenvalue weighted by atomic mass is 35.5. The van der Waals surface area contributed by atoms with Gasteiger partial charge < -0.3 is 10.1 Å². The standard InChI is InChI=1S/C19H19ClFN3O5S/c1-2-29-16-5-3-14(21)8-12(16)7-13-9-23-18(25)11-24(19(13)26)30(27,28)15-4-6-17(20)22-10-15/h3-6,8,10,13H,2,7,9,11H2,1H3,(H,23,25). The summed E-state index contributed by atoms with van der Waals surface area (Å²) in [6.07, 6.45) is 1.000. The zero-order valence-corrected chi connectivity index (χ0v) is 17.5. The molecule has 1 unspecified atom stereocenters. The summed E-state index contributed by atoms with van der Waals surface area (Å²) in [5.41, 5.74) is 0.400. The van der Waals surface area contributed by atoms with Crippen LogP contribution in [0.1, 0.15) is 12.5 Å². The van der Waals surface area contributed by atoms with Crippen molar-refractivity contribution in [1.29, 1.82) is 0 Å². The molecule has 1 aromatic carbocycles. The summed E-state index contributed by atoms with van der Waals surface area (Å²) in [4.78, 5) is 28.7. The van der Waals surface area contributed by atoms with Crippen LogP contribution in [0.15, 0.2) is 41.4 Å². The van der Waals surface area contributed by atoms with Gasteiger partial charge >= 0.3 is 0 Å². The summed E-state index contributed by atoms with van der Waals surface area (Å²) >= 11 is 5.70. The van der Waals surface area contributed by atoms with Gasteiger partial charge in [0.1, 0.15) is 28.2 Å². The summed E-state index contributed by atoms with van der Waals surface area (Å²) in [7, 11) is -4.34. The van der Waals surface area contributed by atoms with E-state index in [-0.39, 0.29) is 23.0 Å². The van der Waals surface area contributed by atoms with E-state index in [0.717, 1.165) is 6.20 Å². The number of carbonyl (C=O) groups is 2. The Morgan fingerprint density at radius 1 is 1.30 bits per heavy atom. The molecule has 1 aliphatic heterocycles. The number of benzene rings is 1. The summed E-state index contributed by atoms with van der Waals surface area (Å²) in [5.74, 6) is -2.48. The number of amides is 2. The smallest absolute Gasteiger partial charge is 0.268 e. The van der Waals surface area contributed by atoms with Crippen molar-refractivity contribution in [1.82, 2.24) is 14.6 Å². The number of hydrogen-bond acceptors (Lipinski definition) is 6. The molecule has 1 aliphatic rings. The van der Waals surface area contributed by atoms with Gasteiger partial charge in [0.15, 0.2) is 0 Å². The third-order valence-electron chi connectivity index (χ3n) is 4.50. The molecule has 2 amide bonds. The van der Waals surface area contributed by atoms with E-state index in [2.05, 4.69) is 10.3 Å². The number of carbonyl (C=O) groups excluding carboxylic acids is 2. The second-order valence-electron chi connectivity index (χ2n) is 6.56. The second kappa shape index (κ2) is 8.97. The van der Waals surface area contributed by atoms with Crippen molar-refractivity contribution in [2.45, 2.75) is 18.2 Å². The first-order valence-electron chi connectivity index (χ1n) is 9.08. The van der Waals surface area contributed by atoms with Crippen LogP contribution in [0.2, 0.25) is 5.15 Å². The first-order valence-corrected chi connectivity index (χ1v) is 10.9. The molecule has 30 heavy (non-hydrogen) atoms. The largest absolute Gasteiger partial charge is 0.494 e. The molecule has 0 aliphatic carbocycles. The fourth-order valence-electron chi connectivity index (χ4n) is 3.07. The third-order valence-corrected chi connectivity index (χ3v) is 6.45. The number of ether oxygens (including phenoxy) is 1. The molecule has 11 heteroatoms. The SMILES string of the molecule is CCOc1ccc(F)cc1CC1CNC(=O)CN(S(=O)(=O)c2ccc(Cl)nc2)C1=O. The van der Waals surface area contributed by atoms with Crippen LogP contribution in [-0.2, 0) is 26.0 Å². The Morgan fingerprint density at radius 3 is 2.73 bits per heavy atom. The normalized spacial score (nSPS) is 17.4. The number of rotatable bonds is 6. The lowest BCUT2D eigenvalue weighted by Gasteiger charge is -2.23. The molecule has 8 nitrogen and oxygen atoms in total.